The van der Waals surface area contributed by atoms with Crippen LogP contribution in [0.3, 0.4) is 0 Å². The molecule has 0 atom stereocenters. The Bertz CT molecular complexity index is 822. The van der Waals surface area contributed by atoms with Crippen molar-refractivity contribution in [2.24, 2.45) is 0 Å². The van der Waals surface area contributed by atoms with Crippen molar-refractivity contribution in [3.8, 4) is 0 Å². The third-order valence-corrected chi connectivity index (χ3v) is 5.35. The molecule has 0 bridgehead atoms. The number of nitrogens with zero attached hydrogens (tertiary/aromatic N) is 2. The van der Waals surface area contributed by atoms with Crippen LogP contribution in [-0.4, -0.2) is 54.3 Å². The molecule has 5 nitrogen and oxygen atoms in total. The van der Waals surface area contributed by atoms with E-state index in [1.165, 1.54) is 0 Å². The van der Waals surface area contributed by atoms with Crippen LogP contribution in [0.25, 0.3) is 0 Å². The molecule has 1 aliphatic heterocycles. The van der Waals surface area contributed by atoms with Gasteiger partial charge in [0, 0.05) is 43.0 Å². The highest BCUT2D eigenvalue weighted by atomic mass is 16.2. The smallest absolute Gasteiger partial charge is 0.255 e. The molecule has 2 amide bonds. The molecule has 0 aromatic heterocycles. The lowest BCUT2D eigenvalue weighted by Crippen LogP contribution is -2.48. The van der Waals surface area contributed by atoms with Crippen LogP contribution in [0.5, 0.6) is 0 Å². The fourth-order valence-corrected chi connectivity index (χ4v) is 3.29. The van der Waals surface area contributed by atoms with Gasteiger partial charge in [-0.15, -0.1) is 0 Å². The van der Waals surface area contributed by atoms with Gasteiger partial charge in [-0.3, -0.25) is 9.59 Å². The van der Waals surface area contributed by atoms with E-state index >= 15 is 0 Å². The second-order valence-electron chi connectivity index (χ2n) is 7.01. The van der Waals surface area contributed by atoms with Crippen molar-refractivity contribution in [2.75, 3.05) is 38.0 Å². The molecule has 1 aliphatic rings. The summed E-state index contributed by atoms with van der Waals surface area (Å²) in [5, 5.41) is 2.95. The molecule has 142 valence electrons. The van der Waals surface area contributed by atoms with Crippen molar-refractivity contribution in [3.05, 3.63) is 64.7 Å². The molecule has 1 heterocycles. The molecule has 1 fully saturated rings. The SMILES string of the molecule is CCN1CCN(C(=O)c2ccc(C(=O)Nc3cccc(C)c3C)cc2)CC1. The maximum atomic E-state index is 12.7. The summed E-state index contributed by atoms with van der Waals surface area (Å²) in [6.45, 7) is 10.5. The van der Waals surface area contributed by atoms with E-state index in [-0.39, 0.29) is 11.8 Å². The van der Waals surface area contributed by atoms with Crippen molar-refractivity contribution in [3.63, 3.8) is 0 Å². The Hall–Kier alpha value is -2.66. The molecule has 1 saturated heterocycles. The molecular weight excluding hydrogens is 338 g/mol. The highest BCUT2D eigenvalue weighted by Gasteiger charge is 2.21. The number of carbonyl (C=O) groups is 2. The van der Waals surface area contributed by atoms with Crippen molar-refractivity contribution in [2.45, 2.75) is 20.8 Å². The number of hydrogen-bond donors (Lipinski definition) is 1. The van der Waals surface area contributed by atoms with Gasteiger partial charge in [-0.05, 0) is 61.9 Å². The van der Waals surface area contributed by atoms with Crippen LogP contribution in [0.15, 0.2) is 42.5 Å². The fraction of sp³-hybridized carbons (Fsp3) is 0.364. The highest BCUT2D eigenvalue weighted by Crippen LogP contribution is 2.19. The number of benzene rings is 2. The van der Waals surface area contributed by atoms with Crippen LogP contribution in [0, 0.1) is 13.8 Å². The van der Waals surface area contributed by atoms with Crippen molar-refractivity contribution < 1.29 is 9.59 Å². The molecule has 1 N–H and O–H groups in total. The molecule has 27 heavy (non-hydrogen) atoms. The molecular formula is C22H27N3O2. The molecule has 2 aromatic rings. The summed E-state index contributed by atoms with van der Waals surface area (Å²) in [6.07, 6.45) is 0. The third-order valence-electron chi connectivity index (χ3n) is 5.35. The minimum atomic E-state index is -0.167. The average molecular weight is 365 g/mol. The van der Waals surface area contributed by atoms with E-state index in [9.17, 15) is 9.59 Å². The summed E-state index contributed by atoms with van der Waals surface area (Å²) in [5.41, 5.74) is 4.18. The van der Waals surface area contributed by atoms with E-state index in [0.29, 0.717) is 11.1 Å². The van der Waals surface area contributed by atoms with Gasteiger partial charge in [0.05, 0.1) is 0 Å². The van der Waals surface area contributed by atoms with Crippen molar-refractivity contribution in [1.29, 1.82) is 0 Å². The summed E-state index contributed by atoms with van der Waals surface area (Å²) in [5.74, 6) is -0.133. The molecule has 0 unspecified atom stereocenters. The van der Waals surface area contributed by atoms with Gasteiger partial charge >= 0.3 is 0 Å². The molecule has 0 aliphatic carbocycles. The van der Waals surface area contributed by atoms with Gasteiger partial charge in [0.15, 0.2) is 0 Å². The first-order valence-corrected chi connectivity index (χ1v) is 9.49. The number of rotatable bonds is 4. The van der Waals surface area contributed by atoms with E-state index in [4.69, 9.17) is 0 Å². The number of aryl methyl sites for hydroxylation is 1. The molecule has 0 saturated carbocycles. The quantitative estimate of drug-likeness (QED) is 0.904. The number of hydrogen-bond acceptors (Lipinski definition) is 3. The second kappa shape index (κ2) is 8.35. The van der Waals surface area contributed by atoms with Crippen LogP contribution in [0.4, 0.5) is 5.69 Å². The zero-order chi connectivity index (χ0) is 19.4. The normalized spacial score (nSPS) is 14.9. The van der Waals surface area contributed by atoms with Crippen LogP contribution in [0.2, 0.25) is 0 Å². The zero-order valence-electron chi connectivity index (χ0n) is 16.3. The van der Waals surface area contributed by atoms with Crippen LogP contribution >= 0.6 is 0 Å². The van der Waals surface area contributed by atoms with E-state index in [2.05, 4.69) is 17.1 Å². The van der Waals surface area contributed by atoms with Crippen molar-refractivity contribution >= 4 is 17.5 Å². The maximum absolute atomic E-state index is 12.7. The van der Waals surface area contributed by atoms with Gasteiger partial charge < -0.3 is 15.1 Å². The Kier molecular flexibility index (Phi) is 5.91. The molecule has 2 aromatic carbocycles. The Morgan fingerprint density at radius 3 is 2.19 bits per heavy atom. The number of anilines is 1. The summed E-state index contributed by atoms with van der Waals surface area (Å²) in [6, 6.07) is 12.8. The lowest BCUT2D eigenvalue weighted by atomic mass is 10.1. The second-order valence-corrected chi connectivity index (χ2v) is 7.01. The molecule has 5 heteroatoms. The number of likely N-dealkylation sites (N-methyl/N-ethyl adjacent to an activating group) is 1. The van der Waals surface area contributed by atoms with E-state index < -0.39 is 0 Å². The fourth-order valence-electron chi connectivity index (χ4n) is 3.29. The monoisotopic (exact) mass is 365 g/mol. The van der Waals surface area contributed by atoms with Crippen LogP contribution < -0.4 is 5.32 Å². The predicted molar refractivity (Wildman–Crippen MR) is 108 cm³/mol. The molecule has 0 radical (unpaired) electrons. The topological polar surface area (TPSA) is 52.7 Å². The predicted octanol–water partition coefficient (Wildman–Crippen LogP) is 3.33. The zero-order valence-corrected chi connectivity index (χ0v) is 16.3. The Morgan fingerprint density at radius 1 is 0.926 bits per heavy atom. The minimum Gasteiger partial charge on any atom is -0.336 e. The number of nitrogens with one attached hydrogen (secondary N) is 1. The number of piperazine rings is 1. The lowest BCUT2D eigenvalue weighted by Gasteiger charge is -2.34. The molecule has 3 rings (SSSR count). The first kappa shape index (κ1) is 19.1. The average Bonchev–Trinajstić information content (AvgIpc) is 2.71. The van der Waals surface area contributed by atoms with Crippen LogP contribution in [0.1, 0.15) is 38.8 Å². The van der Waals surface area contributed by atoms with Gasteiger partial charge in [-0.2, -0.15) is 0 Å². The Balaban J connectivity index is 1.65. The van der Waals surface area contributed by atoms with Crippen molar-refractivity contribution in [1.82, 2.24) is 9.80 Å². The summed E-state index contributed by atoms with van der Waals surface area (Å²) >= 11 is 0. The summed E-state index contributed by atoms with van der Waals surface area (Å²) in [4.78, 5) is 29.4. The maximum Gasteiger partial charge on any atom is 0.255 e. The Morgan fingerprint density at radius 2 is 1.56 bits per heavy atom. The number of carbonyl (C=O) groups excluding carboxylic acids is 2. The van der Waals surface area contributed by atoms with E-state index in [0.717, 1.165) is 49.5 Å². The minimum absolute atomic E-state index is 0.0345. The van der Waals surface area contributed by atoms with Gasteiger partial charge in [0.2, 0.25) is 0 Å². The third kappa shape index (κ3) is 4.37. The summed E-state index contributed by atoms with van der Waals surface area (Å²) < 4.78 is 0. The van der Waals surface area contributed by atoms with Crippen LogP contribution in [-0.2, 0) is 0 Å². The first-order valence-electron chi connectivity index (χ1n) is 9.49. The van der Waals surface area contributed by atoms with E-state index in [1.807, 2.05) is 36.9 Å². The standard InChI is InChI=1S/C22H27N3O2/c1-4-24-12-14-25(15-13-24)22(27)19-10-8-18(9-11-19)21(26)23-20-7-5-6-16(2)17(20)3/h5-11H,4,12-15H2,1-3H3,(H,23,26). The van der Waals surface area contributed by atoms with E-state index in [1.54, 1.807) is 24.3 Å². The van der Waals surface area contributed by atoms with Gasteiger partial charge in [0.1, 0.15) is 0 Å². The summed E-state index contributed by atoms with van der Waals surface area (Å²) in [7, 11) is 0. The largest absolute Gasteiger partial charge is 0.336 e. The first-order chi connectivity index (χ1) is 13.0. The lowest BCUT2D eigenvalue weighted by molar-refractivity contribution is 0.0643. The number of amides is 2. The van der Waals surface area contributed by atoms with Gasteiger partial charge in [-0.25, -0.2) is 0 Å². The molecule has 0 spiro atoms. The highest BCUT2D eigenvalue weighted by molar-refractivity contribution is 6.05. The van der Waals surface area contributed by atoms with Gasteiger partial charge in [0.25, 0.3) is 11.8 Å². The Labute approximate surface area is 161 Å². The van der Waals surface area contributed by atoms with Gasteiger partial charge in [-0.1, -0.05) is 19.1 Å².